The minimum atomic E-state index is -0.541. The van der Waals surface area contributed by atoms with Gasteiger partial charge in [0.15, 0.2) is 0 Å². The molecule has 0 amide bonds. The third-order valence-corrected chi connectivity index (χ3v) is 3.14. The molecule has 6 heteroatoms. The van der Waals surface area contributed by atoms with Crippen molar-refractivity contribution in [1.82, 2.24) is 9.55 Å². The highest BCUT2D eigenvalue weighted by atomic mass is 35.5. The Hall–Kier alpha value is -1.46. The monoisotopic (exact) mass is 268 g/mol. The molecular weight excluding hydrogens is 260 g/mol. The topological polar surface area (TPSA) is 54.9 Å². The van der Waals surface area contributed by atoms with Crippen molar-refractivity contribution in [2.24, 2.45) is 0 Å². The molecule has 0 aliphatic rings. The highest BCUT2D eigenvalue weighted by molar-refractivity contribution is 7.98. The van der Waals surface area contributed by atoms with Crippen molar-refractivity contribution in [2.75, 3.05) is 6.26 Å². The van der Waals surface area contributed by atoms with Crippen LogP contribution >= 0.6 is 23.4 Å². The number of H-pyrrole nitrogens is 1. The van der Waals surface area contributed by atoms with E-state index in [4.69, 9.17) is 11.6 Å². The molecule has 1 N–H and O–H groups in total. The molecule has 0 atom stereocenters. The number of hydrogen-bond donors (Lipinski definition) is 1. The maximum Gasteiger partial charge on any atom is 0.334 e. The summed E-state index contributed by atoms with van der Waals surface area (Å²) in [5.41, 5.74) is -0.461. The quantitative estimate of drug-likeness (QED) is 0.669. The van der Waals surface area contributed by atoms with E-state index in [0.29, 0.717) is 5.69 Å². The van der Waals surface area contributed by atoms with E-state index in [9.17, 15) is 9.59 Å². The summed E-state index contributed by atoms with van der Waals surface area (Å²) in [4.78, 5) is 26.7. The summed E-state index contributed by atoms with van der Waals surface area (Å²) in [5.74, 6) is 0. The van der Waals surface area contributed by atoms with Crippen LogP contribution in [0.4, 0.5) is 0 Å². The van der Waals surface area contributed by atoms with Crippen molar-refractivity contribution in [3.63, 3.8) is 0 Å². The number of benzene rings is 1. The zero-order valence-corrected chi connectivity index (χ0v) is 10.5. The van der Waals surface area contributed by atoms with Gasteiger partial charge in [-0.1, -0.05) is 17.7 Å². The molecule has 0 fully saturated rings. The SMILES string of the molecule is CSc1cccc(-n2c(=O)cc(Cl)[nH]c2=O)c1. The van der Waals surface area contributed by atoms with E-state index in [-0.39, 0.29) is 5.15 Å². The van der Waals surface area contributed by atoms with Crippen LogP contribution in [-0.4, -0.2) is 15.8 Å². The highest BCUT2D eigenvalue weighted by Crippen LogP contribution is 2.16. The lowest BCUT2D eigenvalue weighted by Gasteiger charge is -2.05. The van der Waals surface area contributed by atoms with Crippen molar-refractivity contribution in [2.45, 2.75) is 4.90 Å². The Bertz CT molecular complexity index is 632. The Morgan fingerprint density at radius 3 is 2.71 bits per heavy atom. The molecule has 1 heterocycles. The minimum Gasteiger partial charge on any atom is -0.297 e. The van der Waals surface area contributed by atoms with Crippen LogP contribution in [0.1, 0.15) is 0 Å². The van der Waals surface area contributed by atoms with Crippen LogP contribution in [0.25, 0.3) is 5.69 Å². The summed E-state index contributed by atoms with van der Waals surface area (Å²) in [5, 5.41) is 0.0391. The predicted octanol–water partition coefficient (Wildman–Crippen LogP) is 1.90. The van der Waals surface area contributed by atoms with Crippen LogP contribution in [0, 0.1) is 0 Å². The molecule has 0 unspecified atom stereocenters. The van der Waals surface area contributed by atoms with Gasteiger partial charge in [-0.25, -0.2) is 9.36 Å². The molecular formula is C11H9ClN2O2S. The van der Waals surface area contributed by atoms with Gasteiger partial charge < -0.3 is 0 Å². The molecule has 0 aliphatic carbocycles. The largest absolute Gasteiger partial charge is 0.334 e. The molecule has 0 spiro atoms. The number of aromatic amines is 1. The summed E-state index contributed by atoms with van der Waals surface area (Å²) in [6, 6.07) is 8.35. The van der Waals surface area contributed by atoms with E-state index in [1.54, 1.807) is 18.2 Å². The Labute approximate surface area is 106 Å². The Morgan fingerprint density at radius 1 is 1.29 bits per heavy atom. The molecule has 1 aromatic carbocycles. The summed E-state index contributed by atoms with van der Waals surface area (Å²) in [6.45, 7) is 0. The van der Waals surface area contributed by atoms with E-state index in [2.05, 4.69) is 4.98 Å². The van der Waals surface area contributed by atoms with Crippen LogP contribution in [0.5, 0.6) is 0 Å². The van der Waals surface area contributed by atoms with Gasteiger partial charge in [-0.15, -0.1) is 11.8 Å². The van der Waals surface area contributed by atoms with Crippen molar-refractivity contribution in [1.29, 1.82) is 0 Å². The molecule has 4 nitrogen and oxygen atoms in total. The lowest BCUT2D eigenvalue weighted by Crippen LogP contribution is -2.32. The smallest absolute Gasteiger partial charge is 0.297 e. The molecule has 0 radical (unpaired) electrons. The summed E-state index contributed by atoms with van der Waals surface area (Å²) >= 11 is 7.13. The summed E-state index contributed by atoms with van der Waals surface area (Å²) < 4.78 is 1.05. The lowest BCUT2D eigenvalue weighted by atomic mass is 10.3. The first-order valence-corrected chi connectivity index (χ1v) is 6.38. The number of thioether (sulfide) groups is 1. The molecule has 0 saturated heterocycles. The van der Waals surface area contributed by atoms with Gasteiger partial charge in [-0.3, -0.25) is 9.78 Å². The summed E-state index contributed by atoms with van der Waals surface area (Å²) in [6.07, 6.45) is 1.92. The maximum absolute atomic E-state index is 11.7. The van der Waals surface area contributed by atoms with Crippen LogP contribution in [0.15, 0.2) is 44.8 Å². The lowest BCUT2D eigenvalue weighted by molar-refractivity contribution is 0.873. The van der Waals surface area contributed by atoms with E-state index in [0.717, 1.165) is 9.46 Å². The first-order chi connectivity index (χ1) is 8.11. The fourth-order valence-corrected chi connectivity index (χ4v) is 2.09. The average molecular weight is 269 g/mol. The second-order valence-corrected chi connectivity index (χ2v) is 4.58. The predicted molar refractivity (Wildman–Crippen MR) is 69.5 cm³/mol. The zero-order chi connectivity index (χ0) is 12.4. The van der Waals surface area contributed by atoms with Gasteiger partial charge in [-0.2, -0.15) is 0 Å². The number of hydrogen-bond acceptors (Lipinski definition) is 3. The molecule has 88 valence electrons. The van der Waals surface area contributed by atoms with E-state index < -0.39 is 11.2 Å². The zero-order valence-electron chi connectivity index (χ0n) is 8.94. The molecule has 0 aliphatic heterocycles. The Kier molecular flexibility index (Phi) is 3.40. The third kappa shape index (κ3) is 2.45. The maximum atomic E-state index is 11.7. The Morgan fingerprint density at radius 2 is 2.06 bits per heavy atom. The van der Waals surface area contributed by atoms with Gasteiger partial charge in [-0.05, 0) is 24.5 Å². The van der Waals surface area contributed by atoms with Crippen molar-refractivity contribution >= 4 is 23.4 Å². The van der Waals surface area contributed by atoms with Crippen LogP contribution in [0.2, 0.25) is 5.15 Å². The summed E-state index contributed by atoms with van der Waals surface area (Å²) in [7, 11) is 0. The van der Waals surface area contributed by atoms with E-state index in [1.165, 1.54) is 17.8 Å². The molecule has 1 aromatic heterocycles. The van der Waals surface area contributed by atoms with Crippen LogP contribution < -0.4 is 11.2 Å². The van der Waals surface area contributed by atoms with Gasteiger partial charge >= 0.3 is 5.69 Å². The second kappa shape index (κ2) is 4.81. The Balaban J connectivity index is 2.68. The average Bonchev–Trinajstić information content (AvgIpc) is 2.28. The van der Waals surface area contributed by atoms with Gasteiger partial charge in [0.05, 0.1) is 5.69 Å². The molecule has 17 heavy (non-hydrogen) atoms. The van der Waals surface area contributed by atoms with E-state index in [1.807, 2.05) is 12.3 Å². The first kappa shape index (κ1) is 12.0. The second-order valence-electron chi connectivity index (χ2n) is 3.30. The van der Waals surface area contributed by atoms with E-state index >= 15 is 0 Å². The van der Waals surface area contributed by atoms with Crippen molar-refractivity contribution in [3.05, 3.63) is 56.3 Å². The minimum absolute atomic E-state index is 0.0391. The van der Waals surface area contributed by atoms with Crippen molar-refractivity contribution in [3.8, 4) is 5.69 Å². The number of aromatic nitrogens is 2. The number of rotatable bonds is 2. The van der Waals surface area contributed by atoms with Crippen molar-refractivity contribution < 1.29 is 0 Å². The standard InChI is InChI=1S/C11H9ClN2O2S/c1-17-8-4-2-3-7(5-8)14-10(15)6-9(12)13-11(14)16/h2-6H,1H3,(H,13,16). The normalized spacial score (nSPS) is 10.5. The fourth-order valence-electron chi connectivity index (χ4n) is 1.46. The van der Waals surface area contributed by atoms with Crippen LogP contribution in [0.3, 0.4) is 0 Å². The van der Waals surface area contributed by atoms with Gasteiger partial charge in [0.1, 0.15) is 5.15 Å². The number of nitrogens with zero attached hydrogens (tertiary/aromatic N) is 1. The van der Waals surface area contributed by atoms with Gasteiger partial charge in [0.25, 0.3) is 5.56 Å². The third-order valence-electron chi connectivity index (χ3n) is 2.21. The first-order valence-electron chi connectivity index (χ1n) is 4.78. The molecule has 0 bridgehead atoms. The number of halogens is 1. The highest BCUT2D eigenvalue weighted by Gasteiger charge is 2.06. The fraction of sp³-hybridized carbons (Fsp3) is 0.0909. The molecule has 0 saturated carbocycles. The van der Waals surface area contributed by atoms with Crippen LogP contribution in [-0.2, 0) is 0 Å². The molecule has 2 rings (SSSR count). The van der Waals surface area contributed by atoms with Gasteiger partial charge in [0.2, 0.25) is 0 Å². The van der Waals surface area contributed by atoms with Gasteiger partial charge in [0, 0.05) is 11.0 Å². The number of nitrogens with one attached hydrogen (secondary N) is 1. The molecule has 2 aromatic rings.